The van der Waals surface area contributed by atoms with E-state index in [2.05, 4.69) is 10.6 Å². The Hall–Kier alpha value is -2.34. The Bertz CT molecular complexity index is 736. The standard InChI is InChI=1S/C18H20N2O3S/c1-12(20-14-4-3-5-15(9-14)24-2)18(21)19-10-13-6-7-16-17(8-13)23-11-22-16/h3-9,12,20H,10-11H2,1-2H3,(H,19,21). The first kappa shape index (κ1) is 16.5. The summed E-state index contributed by atoms with van der Waals surface area (Å²) >= 11 is 1.67. The normalized spacial score (nSPS) is 13.4. The summed E-state index contributed by atoms with van der Waals surface area (Å²) in [6, 6.07) is 13.4. The van der Waals surface area contributed by atoms with Crippen molar-refractivity contribution in [1.29, 1.82) is 0 Å². The molecule has 1 amide bonds. The number of hydrogen-bond acceptors (Lipinski definition) is 5. The van der Waals surface area contributed by atoms with Crippen LogP contribution in [0.5, 0.6) is 11.5 Å². The van der Waals surface area contributed by atoms with E-state index in [1.165, 1.54) is 0 Å². The number of hydrogen-bond donors (Lipinski definition) is 2. The second-order valence-electron chi connectivity index (χ2n) is 5.50. The Morgan fingerprint density at radius 2 is 2.04 bits per heavy atom. The van der Waals surface area contributed by atoms with E-state index in [0.29, 0.717) is 6.54 Å². The van der Waals surface area contributed by atoms with Gasteiger partial charge in [-0.25, -0.2) is 0 Å². The van der Waals surface area contributed by atoms with Gasteiger partial charge in [-0.1, -0.05) is 12.1 Å². The summed E-state index contributed by atoms with van der Waals surface area (Å²) in [6.45, 7) is 2.55. The van der Waals surface area contributed by atoms with Crippen LogP contribution in [0.2, 0.25) is 0 Å². The first-order valence-electron chi connectivity index (χ1n) is 7.72. The second kappa shape index (κ2) is 7.49. The number of rotatable bonds is 6. The zero-order valence-electron chi connectivity index (χ0n) is 13.7. The third-order valence-corrected chi connectivity index (χ3v) is 4.48. The molecule has 1 aliphatic heterocycles. The van der Waals surface area contributed by atoms with E-state index in [1.807, 2.05) is 55.6 Å². The van der Waals surface area contributed by atoms with Gasteiger partial charge in [-0.15, -0.1) is 11.8 Å². The quantitative estimate of drug-likeness (QED) is 0.788. The first-order chi connectivity index (χ1) is 11.7. The maximum atomic E-state index is 12.3. The van der Waals surface area contributed by atoms with Gasteiger partial charge in [-0.2, -0.15) is 0 Å². The molecule has 6 heteroatoms. The molecule has 24 heavy (non-hydrogen) atoms. The van der Waals surface area contributed by atoms with E-state index < -0.39 is 0 Å². The van der Waals surface area contributed by atoms with E-state index in [0.717, 1.165) is 27.6 Å². The lowest BCUT2D eigenvalue weighted by molar-refractivity contribution is -0.121. The zero-order valence-corrected chi connectivity index (χ0v) is 14.5. The fraction of sp³-hybridized carbons (Fsp3) is 0.278. The molecule has 0 aliphatic carbocycles. The van der Waals surface area contributed by atoms with Crippen molar-refractivity contribution in [3.8, 4) is 11.5 Å². The lowest BCUT2D eigenvalue weighted by Crippen LogP contribution is -2.37. The van der Waals surface area contributed by atoms with Crippen LogP contribution in [0.25, 0.3) is 0 Å². The Morgan fingerprint density at radius 3 is 2.88 bits per heavy atom. The predicted molar refractivity (Wildman–Crippen MR) is 95.7 cm³/mol. The van der Waals surface area contributed by atoms with Crippen LogP contribution in [0, 0.1) is 0 Å². The van der Waals surface area contributed by atoms with Gasteiger partial charge in [0.1, 0.15) is 6.04 Å². The summed E-state index contributed by atoms with van der Waals surface area (Å²) in [5.41, 5.74) is 1.91. The third-order valence-electron chi connectivity index (χ3n) is 3.75. The fourth-order valence-electron chi connectivity index (χ4n) is 2.42. The molecule has 1 aliphatic rings. The molecule has 0 radical (unpaired) electrons. The second-order valence-corrected chi connectivity index (χ2v) is 6.38. The van der Waals surface area contributed by atoms with Crippen molar-refractivity contribution in [2.75, 3.05) is 18.4 Å². The highest BCUT2D eigenvalue weighted by molar-refractivity contribution is 7.98. The predicted octanol–water partition coefficient (Wildman–Crippen LogP) is 3.25. The first-order valence-corrected chi connectivity index (χ1v) is 8.95. The highest BCUT2D eigenvalue weighted by Gasteiger charge is 2.15. The van der Waals surface area contributed by atoms with Crippen LogP contribution < -0.4 is 20.1 Å². The lowest BCUT2D eigenvalue weighted by Gasteiger charge is -2.16. The molecule has 0 aromatic heterocycles. The monoisotopic (exact) mass is 344 g/mol. The molecule has 1 heterocycles. The van der Waals surface area contributed by atoms with Crippen LogP contribution in [0.1, 0.15) is 12.5 Å². The maximum Gasteiger partial charge on any atom is 0.242 e. The number of nitrogens with one attached hydrogen (secondary N) is 2. The minimum atomic E-state index is -0.323. The molecular formula is C18H20N2O3S. The third kappa shape index (κ3) is 3.94. The molecular weight excluding hydrogens is 324 g/mol. The molecule has 2 aromatic carbocycles. The molecule has 1 unspecified atom stereocenters. The summed E-state index contributed by atoms with van der Waals surface area (Å²) in [6.07, 6.45) is 2.03. The Morgan fingerprint density at radius 1 is 1.21 bits per heavy atom. The summed E-state index contributed by atoms with van der Waals surface area (Å²) in [5, 5.41) is 6.16. The molecule has 0 saturated heterocycles. The average Bonchev–Trinajstić information content (AvgIpc) is 3.07. The summed E-state index contributed by atoms with van der Waals surface area (Å²) in [7, 11) is 0. The number of ether oxygens (including phenoxy) is 2. The van der Waals surface area contributed by atoms with Gasteiger partial charge in [0.15, 0.2) is 11.5 Å². The summed E-state index contributed by atoms with van der Waals surface area (Å²) in [4.78, 5) is 13.4. The number of benzene rings is 2. The molecule has 0 bridgehead atoms. The van der Waals surface area contributed by atoms with Crippen molar-refractivity contribution in [2.24, 2.45) is 0 Å². The number of thioether (sulfide) groups is 1. The van der Waals surface area contributed by atoms with E-state index >= 15 is 0 Å². The molecule has 0 spiro atoms. The van der Waals surface area contributed by atoms with Crippen LogP contribution in [-0.2, 0) is 11.3 Å². The van der Waals surface area contributed by atoms with Crippen molar-refractivity contribution in [3.05, 3.63) is 48.0 Å². The number of amides is 1. The van der Waals surface area contributed by atoms with Gasteiger partial charge >= 0.3 is 0 Å². The fourth-order valence-corrected chi connectivity index (χ4v) is 2.88. The van der Waals surface area contributed by atoms with Gasteiger partial charge in [0.25, 0.3) is 0 Å². The van der Waals surface area contributed by atoms with E-state index in [9.17, 15) is 4.79 Å². The van der Waals surface area contributed by atoms with Crippen molar-refractivity contribution >= 4 is 23.4 Å². The van der Waals surface area contributed by atoms with Gasteiger partial charge < -0.3 is 20.1 Å². The van der Waals surface area contributed by atoms with Crippen molar-refractivity contribution in [3.63, 3.8) is 0 Å². The summed E-state index contributed by atoms with van der Waals surface area (Å²) in [5.74, 6) is 1.41. The van der Waals surface area contributed by atoms with Gasteiger partial charge in [0.05, 0.1) is 0 Å². The largest absolute Gasteiger partial charge is 0.454 e. The maximum absolute atomic E-state index is 12.3. The highest BCUT2D eigenvalue weighted by Crippen LogP contribution is 2.32. The minimum absolute atomic E-state index is 0.0535. The molecule has 1 atom stereocenters. The SMILES string of the molecule is CSc1cccc(NC(C)C(=O)NCc2ccc3c(c2)OCO3)c1. The number of fused-ring (bicyclic) bond motifs is 1. The molecule has 0 fully saturated rings. The molecule has 5 nitrogen and oxygen atoms in total. The van der Waals surface area contributed by atoms with Crippen molar-refractivity contribution in [1.82, 2.24) is 5.32 Å². The van der Waals surface area contributed by atoms with E-state index in [1.54, 1.807) is 11.8 Å². The number of carbonyl (C=O) groups is 1. The van der Waals surface area contributed by atoms with Crippen LogP contribution in [-0.4, -0.2) is 25.0 Å². The molecule has 3 rings (SSSR count). The van der Waals surface area contributed by atoms with Crippen LogP contribution in [0.15, 0.2) is 47.4 Å². The molecule has 126 valence electrons. The Labute approximate surface area is 145 Å². The smallest absolute Gasteiger partial charge is 0.242 e. The molecule has 2 N–H and O–H groups in total. The van der Waals surface area contributed by atoms with Gasteiger partial charge in [0.2, 0.25) is 12.7 Å². The molecule has 2 aromatic rings. The minimum Gasteiger partial charge on any atom is -0.454 e. The average molecular weight is 344 g/mol. The summed E-state index contributed by atoms with van der Waals surface area (Å²) < 4.78 is 10.6. The van der Waals surface area contributed by atoms with Gasteiger partial charge in [0, 0.05) is 17.1 Å². The van der Waals surface area contributed by atoms with Crippen LogP contribution in [0.4, 0.5) is 5.69 Å². The Balaban J connectivity index is 1.54. The zero-order chi connectivity index (χ0) is 16.9. The topological polar surface area (TPSA) is 59.6 Å². The van der Waals surface area contributed by atoms with Crippen LogP contribution >= 0.6 is 11.8 Å². The number of anilines is 1. The number of carbonyl (C=O) groups excluding carboxylic acids is 1. The van der Waals surface area contributed by atoms with Gasteiger partial charge in [-0.3, -0.25) is 4.79 Å². The van der Waals surface area contributed by atoms with Gasteiger partial charge in [-0.05, 0) is 49.1 Å². The van der Waals surface area contributed by atoms with Crippen molar-refractivity contribution < 1.29 is 14.3 Å². The van der Waals surface area contributed by atoms with Crippen LogP contribution in [0.3, 0.4) is 0 Å². The van der Waals surface area contributed by atoms with E-state index in [4.69, 9.17) is 9.47 Å². The van der Waals surface area contributed by atoms with Crippen molar-refractivity contribution in [2.45, 2.75) is 24.4 Å². The highest BCUT2D eigenvalue weighted by atomic mass is 32.2. The Kier molecular flexibility index (Phi) is 5.15. The lowest BCUT2D eigenvalue weighted by atomic mass is 10.2. The van der Waals surface area contributed by atoms with E-state index in [-0.39, 0.29) is 18.7 Å². The molecule has 0 saturated carbocycles.